The van der Waals surface area contributed by atoms with Crippen LogP contribution in [-0.2, 0) is 13.0 Å². The highest BCUT2D eigenvalue weighted by Crippen LogP contribution is 2.17. The largest absolute Gasteiger partial charge is 0.316 e. The molecule has 0 heterocycles. The fourth-order valence-electron chi connectivity index (χ4n) is 1.48. The second-order valence-electron chi connectivity index (χ2n) is 3.22. The molecular weight excluding hydrogens is 165 g/mol. The van der Waals surface area contributed by atoms with Crippen molar-refractivity contribution < 1.29 is 4.39 Å². The van der Waals surface area contributed by atoms with Crippen LogP contribution in [0.15, 0.2) is 12.1 Å². The number of aryl methyl sites for hydroxylation is 2. The molecule has 72 valence electrons. The van der Waals surface area contributed by atoms with E-state index in [4.69, 9.17) is 0 Å². The van der Waals surface area contributed by atoms with Gasteiger partial charge in [-0.3, -0.25) is 0 Å². The summed E-state index contributed by atoms with van der Waals surface area (Å²) in [5.74, 6) is -0.0614. The summed E-state index contributed by atoms with van der Waals surface area (Å²) in [6, 6.07) is 3.85. The van der Waals surface area contributed by atoms with Gasteiger partial charge in [0.15, 0.2) is 0 Å². The normalized spacial score (nSPS) is 10.5. The predicted molar refractivity (Wildman–Crippen MR) is 53.3 cm³/mol. The summed E-state index contributed by atoms with van der Waals surface area (Å²) in [4.78, 5) is 0. The van der Waals surface area contributed by atoms with Gasteiger partial charge in [-0.2, -0.15) is 0 Å². The molecular formula is C11H16FN. The Morgan fingerprint density at radius 1 is 1.38 bits per heavy atom. The zero-order valence-electron chi connectivity index (χ0n) is 8.45. The minimum Gasteiger partial charge on any atom is -0.316 e. The van der Waals surface area contributed by atoms with E-state index in [9.17, 15) is 4.39 Å². The molecule has 0 aliphatic heterocycles. The van der Waals surface area contributed by atoms with E-state index in [0.29, 0.717) is 6.54 Å². The third-order valence-corrected chi connectivity index (χ3v) is 2.27. The first-order chi connectivity index (χ1) is 6.20. The zero-order chi connectivity index (χ0) is 9.84. The van der Waals surface area contributed by atoms with Gasteiger partial charge in [0.25, 0.3) is 0 Å². The summed E-state index contributed by atoms with van der Waals surface area (Å²) in [5, 5.41) is 2.99. The first-order valence-electron chi connectivity index (χ1n) is 4.62. The third-order valence-electron chi connectivity index (χ3n) is 2.27. The second-order valence-corrected chi connectivity index (χ2v) is 3.22. The van der Waals surface area contributed by atoms with Crippen LogP contribution in [0.2, 0.25) is 0 Å². The van der Waals surface area contributed by atoms with E-state index in [-0.39, 0.29) is 5.82 Å². The Morgan fingerprint density at radius 3 is 2.62 bits per heavy atom. The minimum atomic E-state index is -0.0614. The predicted octanol–water partition coefficient (Wildman–Crippen LogP) is 2.42. The fraction of sp³-hybridized carbons (Fsp3) is 0.455. The molecule has 1 N–H and O–H groups in total. The molecule has 0 unspecified atom stereocenters. The maximum atomic E-state index is 13.6. The second kappa shape index (κ2) is 4.38. The van der Waals surface area contributed by atoms with Crippen molar-refractivity contribution in [2.45, 2.75) is 26.8 Å². The van der Waals surface area contributed by atoms with Gasteiger partial charge in [0.05, 0.1) is 0 Å². The number of nitrogens with one attached hydrogen (secondary N) is 1. The van der Waals surface area contributed by atoms with Crippen molar-refractivity contribution >= 4 is 0 Å². The average molecular weight is 181 g/mol. The van der Waals surface area contributed by atoms with Gasteiger partial charge in [-0.1, -0.05) is 19.1 Å². The van der Waals surface area contributed by atoms with Crippen LogP contribution in [0.1, 0.15) is 23.6 Å². The maximum absolute atomic E-state index is 13.6. The van der Waals surface area contributed by atoms with Gasteiger partial charge in [-0.15, -0.1) is 0 Å². The zero-order valence-corrected chi connectivity index (χ0v) is 8.45. The molecule has 0 fully saturated rings. The van der Waals surface area contributed by atoms with Crippen LogP contribution in [0.3, 0.4) is 0 Å². The van der Waals surface area contributed by atoms with E-state index >= 15 is 0 Å². The number of halogens is 1. The Balaban J connectivity index is 3.15. The van der Waals surface area contributed by atoms with Gasteiger partial charge in [-0.25, -0.2) is 4.39 Å². The quantitative estimate of drug-likeness (QED) is 0.755. The number of rotatable bonds is 3. The lowest BCUT2D eigenvalue weighted by atomic mass is 10.0. The van der Waals surface area contributed by atoms with Crippen LogP contribution in [0.4, 0.5) is 4.39 Å². The Hall–Kier alpha value is -0.890. The fourth-order valence-corrected chi connectivity index (χ4v) is 1.48. The summed E-state index contributed by atoms with van der Waals surface area (Å²) in [5.41, 5.74) is 2.63. The SMILES string of the molecule is CCc1ccc(C)c(F)c1CNC. The number of hydrogen-bond donors (Lipinski definition) is 1. The topological polar surface area (TPSA) is 12.0 Å². The van der Waals surface area contributed by atoms with Crippen molar-refractivity contribution in [1.29, 1.82) is 0 Å². The molecule has 0 atom stereocenters. The molecule has 0 bridgehead atoms. The summed E-state index contributed by atoms with van der Waals surface area (Å²) in [6.45, 7) is 4.45. The molecule has 1 nitrogen and oxygen atoms in total. The van der Waals surface area contributed by atoms with E-state index in [1.807, 2.05) is 26.1 Å². The van der Waals surface area contributed by atoms with E-state index in [2.05, 4.69) is 5.32 Å². The molecule has 0 saturated carbocycles. The average Bonchev–Trinajstić information content (AvgIpc) is 2.14. The minimum absolute atomic E-state index is 0.0614. The van der Waals surface area contributed by atoms with Crippen LogP contribution < -0.4 is 5.32 Å². The molecule has 0 aromatic heterocycles. The van der Waals surface area contributed by atoms with Crippen molar-refractivity contribution in [3.8, 4) is 0 Å². The molecule has 0 radical (unpaired) electrons. The molecule has 0 saturated heterocycles. The monoisotopic (exact) mass is 181 g/mol. The molecule has 0 aliphatic rings. The lowest BCUT2D eigenvalue weighted by Crippen LogP contribution is -2.10. The van der Waals surface area contributed by atoms with E-state index < -0.39 is 0 Å². The van der Waals surface area contributed by atoms with Crippen molar-refractivity contribution in [3.63, 3.8) is 0 Å². The van der Waals surface area contributed by atoms with E-state index in [1.165, 1.54) is 0 Å². The van der Waals surface area contributed by atoms with Gasteiger partial charge in [0.1, 0.15) is 5.82 Å². The Morgan fingerprint density at radius 2 is 2.08 bits per heavy atom. The Bertz CT molecular complexity index is 294. The molecule has 1 aromatic carbocycles. The van der Waals surface area contributed by atoms with Crippen molar-refractivity contribution in [2.75, 3.05) is 7.05 Å². The highest BCUT2D eigenvalue weighted by molar-refractivity contribution is 5.33. The van der Waals surface area contributed by atoms with E-state index in [0.717, 1.165) is 23.1 Å². The summed E-state index contributed by atoms with van der Waals surface area (Å²) in [6.07, 6.45) is 0.883. The maximum Gasteiger partial charge on any atom is 0.130 e. The molecule has 1 rings (SSSR count). The Kier molecular flexibility index (Phi) is 3.43. The number of hydrogen-bond acceptors (Lipinski definition) is 1. The first kappa shape index (κ1) is 10.2. The van der Waals surface area contributed by atoms with E-state index in [1.54, 1.807) is 6.92 Å². The van der Waals surface area contributed by atoms with Gasteiger partial charge in [0, 0.05) is 12.1 Å². The highest BCUT2D eigenvalue weighted by atomic mass is 19.1. The van der Waals surface area contributed by atoms with Gasteiger partial charge < -0.3 is 5.32 Å². The lowest BCUT2D eigenvalue weighted by Gasteiger charge is -2.10. The molecule has 0 spiro atoms. The van der Waals surface area contributed by atoms with Crippen LogP contribution in [0.25, 0.3) is 0 Å². The summed E-state index contributed by atoms with van der Waals surface area (Å²) < 4.78 is 13.6. The van der Waals surface area contributed by atoms with Crippen LogP contribution in [0.5, 0.6) is 0 Å². The molecule has 1 aromatic rings. The van der Waals surface area contributed by atoms with Crippen LogP contribution >= 0.6 is 0 Å². The summed E-state index contributed by atoms with van der Waals surface area (Å²) in [7, 11) is 1.83. The summed E-state index contributed by atoms with van der Waals surface area (Å²) >= 11 is 0. The molecule has 13 heavy (non-hydrogen) atoms. The van der Waals surface area contributed by atoms with Crippen LogP contribution in [-0.4, -0.2) is 7.05 Å². The van der Waals surface area contributed by atoms with Crippen molar-refractivity contribution in [3.05, 3.63) is 34.6 Å². The Labute approximate surface area is 79.0 Å². The van der Waals surface area contributed by atoms with Crippen molar-refractivity contribution in [1.82, 2.24) is 5.32 Å². The van der Waals surface area contributed by atoms with Gasteiger partial charge >= 0.3 is 0 Å². The van der Waals surface area contributed by atoms with Crippen molar-refractivity contribution in [2.24, 2.45) is 0 Å². The smallest absolute Gasteiger partial charge is 0.130 e. The molecule has 0 aliphatic carbocycles. The number of benzene rings is 1. The molecule has 0 amide bonds. The molecule has 2 heteroatoms. The van der Waals surface area contributed by atoms with Gasteiger partial charge in [-0.05, 0) is 31.5 Å². The highest BCUT2D eigenvalue weighted by Gasteiger charge is 2.08. The first-order valence-corrected chi connectivity index (χ1v) is 4.62. The standard InChI is InChI=1S/C11H16FN/c1-4-9-6-5-8(2)11(12)10(9)7-13-3/h5-6,13H,4,7H2,1-3H3. The van der Waals surface area contributed by atoms with Gasteiger partial charge in [0.2, 0.25) is 0 Å². The lowest BCUT2D eigenvalue weighted by molar-refractivity contribution is 0.588. The third kappa shape index (κ3) is 2.07. The van der Waals surface area contributed by atoms with Crippen LogP contribution in [0, 0.1) is 12.7 Å².